The first-order valence-electron chi connectivity index (χ1n) is 6.85. The van der Waals surface area contributed by atoms with Crippen LogP contribution >= 0.6 is 11.6 Å². The van der Waals surface area contributed by atoms with Crippen LogP contribution in [0.3, 0.4) is 0 Å². The van der Waals surface area contributed by atoms with Crippen LogP contribution in [0.1, 0.15) is 27.2 Å². The number of para-hydroxylation sites is 1. The van der Waals surface area contributed by atoms with Gasteiger partial charge in [0.1, 0.15) is 12.1 Å². The minimum absolute atomic E-state index is 0.0363. The van der Waals surface area contributed by atoms with Gasteiger partial charge in [-0.1, -0.05) is 44.5 Å². The first-order chi connectivity index (χ1) is 9.47. The standard InChI is InChI=1S/C15H19ClN2O2/c1-4-11-14(19)17-13(9(2)3)15(20)18(11)12-8-6-5-7-10(12)16/h5-9,11,13H,4H2,1-3H3,(H,17,19). The molecular weight excluding hydrogens is 276 g/mol. The lowest BCUT2D eigenvalue weighted by atomic mass is 9.96. The van der Waals surface area contributed by atoms with Crippen LogP contribution < -0.4 is 10.2 Å². The molecule has 0 aliphatic carbocycles. The number of hydrogen-bond acceptors (Lipinski definition) is 2. The fourth-order valence-electron chi connectivity index (χ4n) is 2.49. The van der Waals surface area contributed by atoms with Crippen LogP contribution in [0.25, 0.3) is 0 Å². The van der Waals surface area contributed by atoms with E-state index in [0.717, 1.165) is 0 Å². The lowest BCUT2D eigenvalue weighted by Crippen LogP contribution is -2.65. The molecule has 1 saturated heterocycles. The quantitative estimate of drug-likeness (QED) is 0.931. The molecule has 0 bridgehead atoms. The summed E-state index contributed by atoms with van der Waals surface area (Å²) in [4.78, 5) is 26.5. The Morgan fingerprint density at radius 2 is 1.95 bits per heavy atom. The van der Waals surface area contributed by atoms with Crippen LogP contribution in [0, 0.1) is 5.92 Å². The van der Waals surface area contributed by atoms with E-state index >= 15 is 0 Å². The van der Waals surface area contributed by atoms with Crippen molar-refractivity contribution in [3.63, 3.8) is 0 Å². The zero-order valence-electron chi connectivity index (χ0n) is 11.9. The number of carbonyl (C=O) groups excluding carboxylic acids is 2. The van der Waals surface area contributed by atoms with Crippen molar-refractivity contribution in [1.82, 2.24) is 5.32 Å². The molecule has 108 valence electrons. The minimum atomic E-state index is -0.502. The maximum absolute atomic E-state index is 12.7. The smallest absolute Gasteiger partial charge is 0.250 e. The first kappa shape index (κ1) is 14.9. The Morgan fingerprint density at radius 3 is 2.50 bits per heavy atom. The van der Waals surface area contributed by atoms with E-state index in [1.807, 2.05) is 26.8 Å². The van der Waals surface area contributed by atoms with Crippen molar-refractivity contribution in [2.45, 2.75) is 39.3 Å². The number of benzene rings is 1. The summed E-state index contributed by atoms with van der Waals surface area (Å²) in [5, 5.41) is 3.30. The molecule has 2 unspecified atom stereocenters. The minimum Gasteiger partial charge on any atom is -0.342 e. The van der Waals surface area contributed by atoms with Crippen LogP contribution in [0.15, 0.2) is 24.3 Å². The zero-order valence-corrected chi connectivity index (χ0v) is 12.6. The summed E-state index contributed by atoms with van der Waals surface area (Å²) >= 11 is 6.19. The molecule has 1 N–H and O–H groups in total. The summed E-state index contributed by atoms with van der Waals surface area (Å²) in [7, 11) is 0. The van der Waals surface area contributed by atoms with Crippen LogP contribution in [-0.4, -0.2) is 23.9 Å². The van der Waals surface area contributed by atoms with Gasteiger partial charge in [-0.2, -0.15) is 0 Å². The van der Waals surface area contributed by atoms with Gasteiger partial charge in [0.15, 0.2) is 0 Å². The maximum Gasteiger partial charge on any atom is 0.250 e. The molecule has 5 heteroatoms. The molecule has 0 radical (unpaired) electrons. The molecule has 2 rings (SSSR count). The van der Waals surface area contributed by atoms with Gasteiger partial charge >= 0.3 is 0 Å². The second-order valence-corrected chi connectivity index (χ2v) is 5.72. The van der Waals surface area contributed by atoms with Gasteiger partial charge in [0.2, 0.25) is 5.91 Å². The van der Waals surface area contributed by atoms with E-state index in [4.69, 9.17) is 11.6 Å². The Hall–Kier alpha value is -1.55. The predicted molar refractivity (Wildman–Crippen MR) is 79.8 cm³/mol. The number of rotatable bonds is 3. The number of carbonyl (C=O) groups is 2. The summed E-state index contributed by atoms with van der Waals surface area (Å²) in [6.07, 6.45) is 0.549. The van der Waals surface area contributed by atoms with Crippen LogP contribution in [0.2, 0.25) is 5.02 Å². The average Bonchev–Trinajstić information content (AvgIpc) is 2.41. The molecule has 1 aromatic carbocycles. The van der Waals surface area contributed by atoms with Crippen LogP contribution in [0.5, 0.6) is 0 Å². The third kappa shape index (κ3) is 2.52. The van der Waals surface area contributed by atoms with Gasteiger partial charge in [0.25, 0.3) is 5.91 Å². The van der Waals surface area contributed by atoms with Gasteiger partial charge in [-0.3, -0.25) is 14.5 Å². The van der Waals surface area contributed by atoms with E-state index in [9.17, 15) is 9.59 Å². The monoisotopic (exact) mass is 294 g/mol. The number of halogens is 1. The van der Waals surface area contributed by atoms with Gasteiger partial charge in [0, 0.05) is 0 Å². The highest BCUT2D eigenvalue weighted by Crippen LogP contribution is 2.31. The molecule has 20 heavy (non-hydrogen) atoms. The van der Waals surface area contributed by atoms with Crippen molar-refractivity contribution in [3.8, 4) is 0 Å². The molecule has 1 heterocycles. The Morgan fingerprint density at radius 1 is 1.30 bits per heavy atom. The third-order valence-corrected chi connectivity index (χ3v) is 3.90. The summed E-state index contributed by atoms with van der Waals surface area (Å²) < 4.78 is 0. The van der Waals surface area contributed by atoms with Gasteiger partial charge < -0.3 is 5.32 Å². The van der Waals surface area contributed by atoms with E-state index < -0.39 is 12.1 Å². The lowest BCUT2D eigenvalue weighted by Gasteiger charge is -2.40. The van der Waals surface area contributed by atoms with Crippen molar-refractivity contribution in [2.75, 3.05) is 4.90 Å². The summed E-state index contributed by atoms with van der Waals surface area (Å²) in [6, 6.07) is 6.13. The van der Waals surface area contributed by atoms with Gasteiger partial charge in [0.05, 0.1) is 10.7 Å². The van der Waals surface area contributed by atoms with E-state index in [1.165, 1.54) is 0 Å². The Kier molecular flexibility index (Phi) is 4.33. The predicted octanol–water partition coefficient (Wildman–Crippen LogP) is 2.61. The lowest BCUT2D eigenvalue weighted by molar-refractivity contribution is -0.134. The molecule has 1 aliphatic rings. The average molecular weight is 295 g/mol. The molecule has 1 fully saturated rings. The van der Waals surface area contributed by atoms with Gasteiger partial charge in [-0.05, 0) is 24.5 Å². The second-order valence-electron chi connectivity index (χ2n) is 5.31. The Balaban J connectivity index is 2.47. The number of piperazine rings is 1. The van der Waals surface area contributed by atoms with Crippen molar-refractivity contribution in [2.24, 2.45) is 5.92 Å². The van der Waals surface area contributed by atoms with Crippen molar-refractivity contribution < 1.29 is 9.59 Å². The second kappa shape index (κ2) is 5.83. The molecule has 2 amide bonds. The molecule has 0 aromatic heterocycles. The highest BCUT2D eigenvalue weighted by atomic mass is 35.5. The van der Waals surface area contributed by atoms with Gasteiger partial charge in [-0.15, -0.1) is 0 Å². The molecule has 0 spiro atoms. The SMILES string of the molecule is CCC1C(=O)NC(C(C)C)C(=O)N1c1ccccc1Cl. The van der Waals surface area contributed by atoms with Crippen LogP contribution in [0.4, 0.5) is 5.69 Å². The highest BCUT2D eigenvalue weighted by Gasteiger charge is 2.42. The number of nitrogens with zero attached hydrogens (tertiary/aromatic N) is 1. The van der Waals surface area contributed by atoms with Crippen molar-refractivity contribution in [1.29, 1.82) is 0 Å². The number of hydrogen-bond donors (Lipinski definition) is 1. The molecule has 1 aliphatic heterocycles. The topological polar surface area (TPSA) is 49.4 Å². The number of amides is 2. The molecule has 1 aromatic rings. The molecule has 2 atom stereocenters. The van der Waals surface area contributed by atoms with Crippen molar-refractivity contribution in [3.05, 3.63) is 29.3 Å². The van der Waals surface area contributed by atoms with Crippen molar-refractivity contribution >= 4 is 29.1 Å². The molecular formula is C15H19ClN2O2. The fraction of sp³-hybridized carbons (Fsp3) is 0.467. The number of anilines is 1. The molecule has 0 saturated carbocycles. The first-order valence-corrected chi connectivity index (χ1v) is 7.23. The largest absolute Gasteiger partial charge is 0.342 e. The van der Waals surface area contributed by atoms with E-state index in [0.29, 0.717) is 17.1 Å². The fourth-order valence-corrected chi connectivity index (χ4v) is 2.71. The van der Waals surface area contributed by atoms with Crippen LogP contribution in [-0.2, 0) is 9.59 Å². The normalized spacial score (nSPS) is 23.1. The van der Waals surface area contributed by atoms with E-state index in [1.54, 1.807) is 23.1 Å². The third-order valence-electron chi connectivity index (χ3n) is 3.58. The summed E-state index contributed by atoms with van der Waals surface area (Å²) in [5.41, 5.74) is 0.603. The number of nitrogens with one attached hydrogen (secondary N) is 1. The zero-order chi connectivity index (χ0) is 14.9. The Bertz CT molecular complexity index is 530. The summed E-state index contributed by atoms with van der Waals surface area (Å²) in [5.74, 6) is -0.181. The Labute approximate surface area is 124 Å². The highest BCUT2D eigenvalue weighted by molar-refractivity contribution is 6.34. The van der Waals surface area contributed by atoms with E-state index in [-0.39, 0.29) is 17.7 Å². The summed E-state index contributed by atoms with van der Waals surface area (Å²) in [6.45, 7) is 5.72. The van der Waals surface area contributed by atoms with E-state index in [2.05, 4.69) is 5.32 Å². The maximum atomic E-state index is 12.7. The van der Waals surface area contributed by atoms with Gasteiger partial charge in [-0.25, -0.2) is 0 Å². The molecule has 4 nitrogen and oxygen atoms in total.